The molecule has 0 saturated heterocycles. The summed E-state index contributed by atoms with van der Waals surface area (Å²) in [6.07, 6.45) is 3.79. The molecule has 0 bridgehead atoms. The molecule has 1 rings (SSSR count). The minimum Gasteiger partial charge on any atom is -0.481 e. The second-order valence-electron chi connectivity index (χ2n) is 3.86. The maximum absolute atomic E-state index is 10.3. The highest BCUT2D eigenvalue weighted by molar-refractivity contribution is 6.33. The van der Waals surface area contributed by atoms with Crippen LogP contribution in [0.2, 0.25) is 10.3 Å². The summed E-state index contributed by atoms with van der Waals surface area (Å²) in [6.45, 7) is 0.745. The molecule has 7 heteroatoms. The molecule has 0 aromatic carbocycles. The number of aromatic nitrogens is 2. The van der Waals surface area contributed by atoms with Crippen molar-refractivity contribution in [1.82, 2.24) is 10.2 Å². The first-order valence-corrected chi connectivity index (χ1v) is 6.49. The van der Waals surface area contributed by atoms with Gasteiger partial charge in [0, 0.05) is 19.0 Å². The number of carbonyl (C=O) groups is 1. The van der Waals surface area contributed by atoms with Crippen molar-refractivity contribution >= 4 is 34.9 Å². The summed E-state index contributed by atoms with van der Waals surface area (Å²) in [5.41, 5.74) is 0.669. The Balaban J connectivity index is 2.14. The van der Waals surface area contributed by atoms with Gasteiger partial charge in [0.15, 0.2) is 10.3 Å². The van der Waals surface area contributed by atoms with Crippen molar-refractivity contribution in [2.24, 2.45) is 0 Å². The normalized spacial score (nSPS) is 10.3. The number of aliphatic carboxylic acids is 1. The van der Waals surface area contributed by atoms with Crippen LogP contribution in [0.4, 0.5) is 5.69 Å². The predicted molar refractivity (Wildman–Crippen MR) is 71.3 cm³/mol. The fourth-order valence-corrected chi connectivity index (χ4v) is 1.76. The first-order chi connectivity index (χ1) is 8.59. The standard InChI is InChI=1S/C11H15Cl2N3O2/c12-9-7-8(11(13)16-15-9)14-6-4-2-1-3-5-10(17)18/h7H,1-6H2,(H,14,15)(H,17,18). The number of nitrogens with one attached hydrogen (secondary N) is 1. The van der Waals surface area contributed by atoms with Gasteiger partial charge in [-0.1, -0.05) is 36.0 Å². The van der Waals surface area contributed by atoms with E-state index in [1.807, 2.05) is 0 Å². The number of carboxylic acids is 1. The Morgan fingerprint density at radius 3 is 2.67 bits per heavy atom. The van der Waals surface area contributed by atoms with Gasteiger partial charge >= 0.3 is 5.97 Å². The molecule has 100 valence electrons. The van der Waals surface area contributed by atoms with Gasteiger partial charge in [-0.3, -0.25) is 4.79 Å². The average Bonchev–Trinajstić information content (AvgIpc) is 2.32. The summed E-state index contributed by atoms with van der Waals surface area (Å²) in [6, 6.07) is 1.63. The molecular formula is C11H15Cl2N3O2. The molecule has 0 radical (unpaired) electrons. The van der Waals surface area contributed by atoms with E-state index in [4.69, 9.17) is 28.3 Å². The van der Waals surface area contributed by atoms with Gasteiger partial charge in [-0.2, -0.15) is 0 Å². The third kappa shape index (κ3) is 6.02. The lowest BCUT2D eigenvalue weighted by Gasteiger charge is -2.07. The fraction of sp³-hybridized carbons (Fsp3) is 0.545. The quantitative estimate of drug-likeness (QED) is 0.719. The van der Waals surface area contributed by atoms with Crippen LogP contribution in [0.1, 0.15) is 32.1 Å². The van der Waals surface area contributed by atoms with E-state index < -0.39 is 5.97 Å². The van der Waals surface area contributed by atoms with Gasteiger partial charge < -0.3 is 10.4 Å². The highest BCUT2D eigenvalue weighted by atomic mass is 35.5. The van der Waals surface area contributed by atoms with E-state index in [2.05, 4.69) is 15.5 Å². The van der Waals surface area contributed by atoms with Gasteiger partial charge in [0.05, 0.1) is 5.69 Å². The van der Waals surface area contributed by atoms with Gasteiger partial charge in [-0.25, -0.2) is 0 Å². The second kappa shape index (κ2) is 8.11. The molecule has 2 N–H and O–H groups in total. The van der Waals surface area contributed by atoms with Crippen LogP contribution in [-0.4, -0.2) is 27.8 Å². The molecule has 0 spiro atoms. The van der Waals surface area contributed by atoms with Crippen molar-refractivity contribution < 1.29 is 9.90 Å². The predicted octanol–water partition coefficient (Wildman–Crippen LogP) is 3.23. The summed E-state index contributed by atoms with van der Waals surface area (Å²) < 4.78 is 0. The zero-order valence-electron chi connectivity index (χ0n) is 9.83. The second-order valence-corrected chi connectivity index (χ2v) is 4.60. The zero-order chi connectivity index (χ0) is 13.4. The number of nitrogens with zero attached hydrogens (tertiary/aromatic N) is 2. The lowest BCUT2D eigenvalue weighted by atomic mass is 10.1. The van der Waals surface area contributed by atoms with Crippen molar-refractivity contribution in [3.8, 4) is 0 Å². The van der Waals surface area contributed by atoms with Gasteiger partial charge in [0.25, 0.3) is 0 Å². The van der Waals surface area contributed by atoms with Crippen LogP contribution in [0.5, 0.6) is 0 Å². The Morgan fingerprint density at radius 1 is 1.22 bits per heavy atom. The first kappa shape index (κ1) is 15.0. The topological polar surface area (TPSA) is 75.1 Å². The van der Waals surface area contributed by atoms with Gasteiger partial charge in [-0.15, -0.1) is 10.2 Å². The lowest BCUT2D eigenvalue weighted by molar-refractivity contribution is -0.137. The fourth-order valence-electron chi connectivity index (χ4n) is 1.45. The molecule has 0 amide bonds. The molecule has 1 aromatic rings. The Morgan fingerprint density at radius 2 is 1.94 bits per heavy atom. The molecule has 0 saturated carbocycles. The molecule has 0 aliphatic heterocycles. The van der Waals surface area contributed by atoms with Crippen molar-refractivity contribution in [2.45, 2.75) is 32.1 Å². The maximum Gasteiger partial charge on any atom is 0.303 e. The third-order valence-electron chi connectivity index (χ3n) is 2.35. The summed E-state index contributed by atoms with van der Waals surface area (Å²) >= 11 is 11.5. The van der Waals surface area contributed by atoms with Crippen LogP contribution >= 0.6 is 23.2 Å². The number of rotatable bonds is 8. The Bertz CT molecular complexity index is 402. The van der Waals surface area contributed by atoms with E-state index in [-0.39, 0.29) is 6.42 Å². The monoisotopic (exact) mass is 291 g/mol. The smallest absolute Gasteiger partial charge is 0.303 e. The summed E-state index contributed by atoms with van der Waals surface area (Å²) in [7, 11) is 0. The summed E-state index contributed by atoms with van der Waals surface area (Å²) in [4.78, 5) is 10.3. The molecule has 0 aliphatic rings. The Labute approximate surface area is 116 Å². The maximum atomic E-state index is 10.3. The zero-order valence-corrected chi connectivity index (χ0v) is 11.3. The van der Waals surface area contributed by atoms with Crippen molar-refractivity contribution in [3.63, 3.8) is 0 Å². The van der Waals surface area contributed by atoms with Crippen LogP contribution < -0.4 is 5.32 Å². The highest BCUT2D eigenvalue weighted by Gasteiger charge is 2.03. The lowest BCUT2D eigenvalue weighted by Crippen LogP contribution is -2.03. The minimum atomic E-state index is -0.739. The molecule has 0 unspecified atom stereocenters. The average molecular weight is 292 g/mol. The number of anilines is 1. The number of hydrogen-bond donors (Lipinski definition) is 2. The summed E-state index contributed by atoms with van der Waals surface area (Å²) in [5, 5.41) is 19.5. The van der Waals surface area contributed by atoms with Gasteiger partial charge in [0.2, 0.25) is 0 Å². The van der Waals surface area contributed by atoms with E-state index in [1.165, 1.54) is 0 Å². The minimum absolute atomic E-state index is 0.239. The Hall–Kier alpha value is -1.07. The number of carboxylic acid groups (broad SMARTS) is 1. The van der Waals surface area contributed by atoms with Crippen LogP contribution in [0, 0.1) is 0 Å². The molecule has 0 aliphatic carbocycles. The largest absolute Gasteiger partial charge is 0.481 e. The SMILES string of the molecule is O=C(O)CCCCCCNc1cc(Cl)nnc1Cl. The van der Waals surface area contributed by atoms with Crippen LogP contribution in [-0.2, 0) is 4.79 Å². The van der Waals surface area contributed by atoms with Crippen molar-refractivity contribution in [3.05, 3.63) is 16.4 Å². The molecule has 1 aromatic heterocycles. The van der Waals surface area contributed by atoms with Crippen molar-refractivity contribution in [2.75, 3.05) is 11.9 Å². The number of hydrogen-bond acceptors (Lipinski definition) is 4. The van der Waals surface area contributed by atoms with Gasteiger partial charge in [0.1, 0.15) is 0 Å². The van der Waals surface area contributed by atoms with E-state index in [1.54, 1.807) is 6.07 Å². The van der Waals surface area contributed by atoms with Crippen LogP contribution in [0.15, 0.2) is 6.07 Å². The molecule has 0 atom stereocenters. The Kier molecular flexibility index (Phi) is 6.75. The van der Waals surface area contributed by atoms with E-state index in [9.17, 15) is 4.79 Å². The summed E-state index contributed by atoms with van der Waals surface area (Å²) in [5.74, 6) is -0.739. The third-order valence-corrected chi connectivity index (χ3v) is 2.82. The van der Waals surface area contributed by atoms with E-state index in [0.29, 0.717) is 16.0 Å². The van der Waals surface area contributed by atoms with Crippen LogP contribution in [0.3, 0.4) is 0 Å². The first-order valence-electron chi connectivity index (χ1n) is 5.74. The molecular weight excluding hydrogens is 277 g/mol. The highest BCUT2D eigenvalue weighted by Crippen LogP contribution is 2.20. The van der Waals surface area contributed by atoms with Crippen molar-refractivity contribution in [1.29, 1.82) is 0 Å². The molecule has 18 heavy (non-hydrogen) atoms. The van der Waals surface area contributed by atoms with Gasteiger partial charge in [-0.05, 0) is 12.8 Å². The molecule has 1 heterocycles. The molecule has 5 nitrogen and oxygen atoms in total. The van der Waals surface area contributed by atoms with Crippen LogP contribution in [0.25, 0.3) is 0 Å². The number of halogens is 2. The number of unbranched alkanes of at least 4 members (excludes halogenated alkanes) is 3. The van der Waals surface area contributed by atoms with E-state index in [0.717, 1.165) is 32.2 Å². The van der Waals surface area contributed by atoms with E-state index >= 15 is 0 Å². The molecule has 0 fully saturated rings.